The van der Waals surface area contributed by atoms with Crippen LogP contribution in [0.1, 0.15) is 96.3 Å². The Labute approximate surface area is 494 Å². The molecule has 1 saturated carbocycles. The van der Waals surface area contributed by atoms with Crippen LogP contribution < -0.4 is 9.80 Å². The molecule has 1 aliphatic carbocycles. The summed E-state index contributed by atoms with van der Waals surface area (Å²) in [6.07, 6.45) is 6.00. The second-order valence-corrected chi connectivity index (χ2v) is 25.2. The lowest BCUT2D eigenvalue weighted by molar-refractivity contribution is 0.444. The summed E-state index contributed by atoms with van der Waals surface area (Å²) in [6.45, 7) is 13.7. The highest BCUT2D eigenvalue weighted by Gasteiger charge is 2.27. The van der Waals surface area contributed by atoms with Crippen LogP contribution >= 0.6 is 0 Å². The van der Waals surface area contributed by atoms with Gasteiger partial charge in [-0.2, -0.15) is 0 Å². The van der Waals surface area contributed by atoms with Crippen LogP contribution in [0.25, 0.3) is 88.4 Å². The number of hydrogen-bond acceptors (Lipinski definition) is 4. The monoisotopic (exact) mass is 1090 g/mol. The van der Waals surface area contributed by atoms with Crippen LogP contribution in [-0.2, 0) is 10.8 Å². The van der Waals surface area contributed by atoms with E-state index in [1.54, 1.807) is 0 Å². The molecule has 0 atom stereocenters. The highest BCUT2D eigenvalue weighted by Crippen LogP contribution is 2.50. The Morgan fingerprint density at radius 3 is 1.15 bits per heavy atom. The first-order valence-electron chi connectivity index (χ1n) is 30.1. The standard InChI is InChI=1S/C80H70N2O2/c1-79(2,3)61-40-34-54(35-41-61)67-26-10-14-30-73(67)81(63-24-18-22-56(46-63)58-38-44-77-71(50-58)69-28-12-16-32-75(69)83-77)65-48-60(53-20-8-7-9-21-53)49-66(52-65)82(74-31-15-11-27-68(74)55-36-42-62(43-37-55)80(4,5)6)64-25-19-23-57(47-64)59-39-45-78-72(51-59)70-29-13-17-33-76(70)84-78/h10-19,22-53H,7-9,20-21H2,1-6H3. The lowest BCUT2D eigenvalue weighted by atomic mass is 9.83. The minimum atomic E-state index is 0.0223. The molecule has 0 radical (unpaired) electrons. The molecule has 84 heavy (non-hydrogen) atoms. The molecule has 13 aromatic rings. The van der Waals surface area contributed by atoms with Gasteiger partial charge in [-0.05, 0) is 171 Å². The zero-order chi connectivity index (χ0) is 57.1. The maximum absolute atomic E-state index is 6.35. The van der Waals surface area contributed by atoms with Gasteiger partial charge in [-0.3, -0.25) is 0 Å². The topological polar surface area (TPSA) is 32.8 Å². The third kappa shape index (κ3) is 10.0. The largest absolute Gasteiger partial charge is 0.456 e. The smallest absolute Gasteiger partial charge is 0.135 e. The molecule has 0 bridgehead atoms. The molecule has 2 heterocycles. The van der Waals surface area contributed by atoms with E-state index in [-0.39, 0.29) is 10.8 Å². The van der Waals surface area contributed by atoms with Crippen LogP contribution in [0.15, 0.2) is 258 Å². The van der Waals surface area contributed by atoms with Crippen molar-refractivity contribution in [1.29, 1.82) is 0 Å². The number of anilines is 6. The molecule has 11 aromatic carbocycles. The highest BCUT2D eigenvalue weighted by atomic mass is 16.3. The third-order valence-corrected chi connectivity index (χ3v) is 17.6. The first-order chi connectivity index (χ1) is 40.9. The summed E-state index contributed by atoms with van der Waals surface area (Å²) in [6, 6.07) is 92.3. The van der Waals surface area contributed by atoms with Crippen LogP contribution in [-0.4, -0.2) is 0 Å². The first kappa shape index (κ1) is 52.7. The van der Waals surface area contributed by atoms with Crippen LogP contribution in [0.3, 0.4) is 0 Å². The molecule has 0 unspecified atom stereocenters. The molecule has 1 fully saturated rings. The van der Waals surface area contributed by atoms with Crippen molar-refractivity contribution >= 4 is 78.0 Å². The summed E-state index contributed by atoms with van der Waals surface area (Å²) in [4.78, 5) is 5.07. The van der Waals surface area contributed by atoms with E-state index in [0.717, 1.165) is 124 Å². The summed E-state index contributed by atoms with van der Waals surface area (Å²) in [5, 5.41) is 4.47. The quantitative estimate of drug-likeness (QED) is 0.129. The fourth-order valence-corrected chi connectivity index (χ4v) is 13.0. The Kier molecular flexibility index (Phi) is 13.4. The summed E-state index contributed by atoms with van der Waals surface area (Å²) < 4.78 is 12.7. The molecule has 4 heteroatoms. The van der Waals surface area contributed by atoms with Gasteiger partial charge in [-0.25, -0.2) is 0 Å². The minimum Gasteiger partial charge on any atom is -0.456 e. The van der Waals surface area contributed by atoms with Crippen molar-refractivity contribution in [2.24, 2.45) is 0 Å². The number of hydrogen-bond donors (Lipinski definition) is 0. The zero-order valence-electron chi connectivity index (χ0n) is 49.0. The molecule has 1 aliphatic rings. The third-order valence-electron chi connectivity index (χ3n) is 17.6. The van der Waals surface area contributed by atoms with Gasteiger partial charge >= 0.3 is 0 Å². The predicted molar refractivity (Wildman–Crippen MR) is 355 cm³/mol. The van der Waals surface area contributed by atoms with E-state index >= 15 is 0 Å². The van der Waals surface area contributed by atoms with Gasteiger partial charge in [0, 0.05) is 55.4 Å². The van der Waals surface area contributed by atoms with Gasteiger partial charge in [-0.1, -0.05) is 219 Å². The Balaban J connectivity index is 1.00. The van der Waals surface area contributed by atoms with Crippen molar-refractivity contribution in [3.8, 4) is 44.5 Å². The van der Waals surface area contributed by atoms with Gasteiger partial charge in [-0.15, -0.1) is 0 Å². The van der Waals surface area contributed by atoms with Crippen molar-refractivity contribution < 1.29 is 8.83 Å². The Hall–Kier alpha value is -9.38. The molecule has 412 valence electrons. The van der Waals surface area contributed by atoms with Gasteiger partial charge in [0.25, 0.3) is 0 Å². The number of para-hydroxylation sites is 4. The second-order valence-electron chi connectivity index (χ2n) is 25.2. The van der Waals surface area contributed by atoms with Gasteiger partial charge < -0.3 is 18.6 Å². The lowest BCUT2D eigenvalue weighted by Gasteiger charge is -2.34. The molecular formula is C80H70N2O2. The molecule has 0 saturated heterocycles. The zero-order valence-corrected chi connectivity index (χ0v) is 49.0. The summed E-state index contributed by atoms with van der Waals surface area (Å²) >= 11 is 0. The van der Waals surface area contributed by atoms with Crippen LogP contribution in [0.2, 0.25) is 0 Å². The Morgan fingerprint density at radius 1 is 0.310 bits per heavy atom. The normalized spacial score (nSPS) is 13.3. The van der Waals surface area contributed by atoms with Crippen molar-refractivity contribution in [1.82, 2.24) is 0 Å². The fraction of sp³-hybridized carbons (Fsp3) is 0.175. The van der Waals surface area contributed by atoms with E-state index in [9.17, 15) is 0 Å². The summed E-state index contributed by atoms with van der Waals surface area (Å²) in [7, 11) is 0. The molecule has 0 aliphatic heterocycles. The number of furan rings is 2. The van der Waals surface area contributed by atoms with Gasteiger partial charge in [0.1, 0.15) is 22.3 Å². The van der Waals surface area contributed by atoms with Crippen molar-refractivity contribution in [3.63, 3.8) is 0 Å². The molecular weight excluding hydrogens is 1020 g/mol. The van der Waals surface area contributed by atoms with E-state index < -0.39 is 0 Å². The molecule has 0 amide bonds. The van der Waals surface area contributed by atoms with Gasteiger partial charge in [0.2, 0.25) is 0 Å². The molecule has 0 spiro atoms. The maximum Gasteiger partial charge on any atom is 0.135 e. The van der Waals surface area contributed by atoms with Crippen LogP contribution in [0, 0.1) is 0 Å². The van der Waals surface area contributed by atoms with E-state index in [1.165, 1.54) is 47.1 Å². The molecule has 0 N–H and O–H groups in total. The maximum atomic E-state index is 6.35. The lowest BCUT2D eigenvalue weighted by Crippen LogP contribution is -2.16. The van der Waals surface area contributed by atoms with E-state index in [0.29, 0.717) is 5.92 Å². The SMILES string of the molecule is CC(C)(C)c1ccc(-c2ccccc2N(c2cccc(-c3ccc4oc5ccccc5c4c3)c2)c2cc(C3CCCCC3)cc(N(c3cccc(-c4ccc5oc6ccccc6c5c4)c3)c3ccccc3-c3ccc(C(C)(C)C)cc3)c2)cc1. The minimum absolute atomic E-state index is 0.0223. The Morgan fingerprint density at radius 2 is 0.702 bits per heavy atom. The molecule has 14 rings (SSSR count). The van der Waals surface area contributed by atoms with Crippen LogP contribution in [0.4, 0.5) is 34.1 Å². The number of benzene rings is 11. The van der Waals surface area contributed by atoms with Crippen molar-refractivity contribution in [2.75, 3.05) is 9.80 Å². The number of fused-ring (bicyclic) bond motifs is 6. The number of rotatable bonds is 11. The van der Waals surface area contributed by atoms with Crippen molar-refractivity contribution in [2.45, 2.75) is 90.4 Å². The fourth-order valence-electron chi connectivity index (χ4n) is 13.0. The van der Waals surface area contributed by atoms with E-state index in [4.69, 9.17) is 8.83 Å². The average molecular weight is 1090 g/mol. The second kappa shape index (κ2) is 21.4. The average Bonchev–Trinajstić information content (AvgIpc) is 3.68. The molecule has 2 aromatic heterocycles. The summed E-state index contributed by atoms with van der Waals surface area (Å²) in [5.74, 6) is 0.396. The molecule has 4 nitrogen and oxygen atoms in total. The van der Waals surface area contributed by atoms with Gasteiger partial charge in [0.15, 0.2) is 0 Å². The van der Waals surface area contributed by atoms with Crippen molar-refractivity contribution in [3.05, 3.63) is 265 Å². The highest BCUT2D eigenvalue weighted by molar-refractivity contribution is 6.07. The van der Waals surface area contributed by atoms with Gasteiger partial charge in [0.05, 0.1) is 11.4 Å². The van der Waals surface area contributed by atoms with Crippen LogP contribution in [0.5, 0.6) is 0 Å². The predicted octanol–water partition coefficient (Wildman–Crippen LogP) is 23.7. The summed E-state index contributed by atoms with van der Waals surface area (Å²) in [5.41, 5.74) is 23.4. The number of nitrogens with zero attached hydrogens (tertiary/aromatic N) is 2. The van der Waals surface area contributed by atoms with E-state index in [1.807, 2.05) is 12.1 Å². The van der Waals surface area contributed by atoms with E-state index in [2.05, 4.69) is 288 Å². The Bertz CT molecular complexity index is 4280. The first-order valence-corrected chi connectivity index (χ1v) is 30.1.